The van der Waals surface area contributed by atoms with Crippen LogP contribution in [0.15, 0.2) is 16.6 Å². The van der Waals surface area contributed by atoms with Crippen molar-refractivity contribution >= 4 is 33.2 Å². The van der Waals surface area contributed by atoms with E-state index in [0.29, 0.717) is 23.6 Å². The Labute approximate surface area is 128 Å². The van der Waals surface area contributed by atoms with Crippen LogP contribution in [0.25, 0.3) is 0 Å². The predicted molar refractivity (Wildman–Crippen MR) is 84.1 cm³/mol. The van der Waals surface area contributed by atoms with Crippen molar-refractivity contribution in [1.82, 2.24) is 0 Å². The SMILES string of the molecule is CCOc1c(Br)cc(Cl)cc1NC1CCCC1CN. The van der Waals surface area contributed by atoms with Crippen LogP contribution in [0.1, 0.15) is 26.2 Å². The molecule has 0 aromatic heterocycles. The molecule has 1 aromatic carbocycles. The van der Waals surface area contributed by atoms with Gasteiger partial charge in [-0.05, 0) is 60.3 Å². The van der Waals surface area contributed by atoms with Crippen LogP contribution in [0.3, 0.4) is 0 Å². The monoisotopic (exact) mass is 346 g/mol. The van der Waals surface area contributed by atoms with E-state index in [-0.39, 0.29) is 0 Å². The minimum atomic E-state index is 0.412. The molecule has 2 unspecified atom stereocenters. The topological polar surface area (TPSA) is 47.3 Å². The van der Waals surface area contributed by atoms with Crippen molar-refractivity contribution in [1.29, 1.82) is 0 Å². The Morgan fingerprint density at radius 3 is 2.95 bits per heavy atom. The van der Waals surface area contributed by atoms with Gasteiger partial charge < -0.3 is 15.8 Å². The molecule has 2 atom stereocenters. The lowest BCUT2D eigenvalue weighted by Crippen LogP contribution is -2.29. The average Bonchev–Trinajstić information content (AvgIpc) is 2.80. The molecule has 1 fully saturated rings. The fraction of sp³-hybridized carbons (Fsp3) is 0.571. The van der Waals surface area contributed by atoms with E-state index in [2.05, 4.69) is 21.2 Å². The van der Waals surface area contributed by atoms with Gasteiger partial charge in [0, 0.05) is 11.1 Å². The molecule has 3 nitrogen and oxygen atoms in total. The molecule has 1 aliphatic rings. The Hall–Kier alpha value is -0.450. The van der Waals surface area contributed by atoms with Gasteiger partial charge >= 0.3 is 0 Å². The summed E-state index contributed by atoms with van der Waals surface area (Å²) in [5.74, 6) is 1.36. The second-order valence-electron chi connectivity index (χ2n) is 4.87. The Morgan fingerprint density at radius 2 is 2.26 bits per heavy atom. The number of nitrogens with one attached hydrogen (secondary N) is 1. The zero-order chi connectivity index (χ0) is 13.8. The van der Waals surface area contributed by atoms with Crippen LogP contribution in [0.2, 0.25) is 5.02 Å². The molecule has 0 radical (unpaired) electrons. The van der Waals surface area contributed by atoms with E-state index >= 15 is 0 Å². The van der Waals surface area contributed by atoms with Crippen LogP contribution in [-0.2, 0) is 0 Å². The lowest BCUT2D eigenvalue weighted by Gasteiger charge is -2.23. The van der Waals surface area contributed by atoms with Crippen molar-refractivity contribution in [3.63, 3.8) is 0 Å². The first-order chi connectivity index (χ1) is 9.15. The molecule has 0 amide bonds. The quantitative estimate of drug-likeness (QED) is 0.845. The number of hydrogen-bond donors (Lipinski definition) is 2. The van der Waals surface area contributed by atoms with E-state index in [0.717, 1.165) is 28.9 Å². The molecule has 0 aliphatic heterocycles. The number of benzene rings is 1. The Morgan fingerprint density at radius 1 is 1.47 bits per heavy atom. The Balaban J connectivity index is 2.22. The van der Waals surface area contributed by atoms with E-state index in [1.807, 2.05) is 19.1 Å². The molecule has 0 bridgehead atoms. The van der Waals surface area contributed by atoms with Crippen LogP contribution >= 0.6 is 27.5 Å². The molecule has 1 aromatic rings. The number of hydrogen-bond acceptors (Lipinski definition) is 3. The van der Waals surface area contributed by atoms with E-state index in [1.54, 1.807) is 0 Å². The summed E-state index contributed by atoms with van der Waals surface area (Å²) in [4.78, 5) is 0. The van der Waals surface area contributed by atoms with Crippen molar-refractivity contribution in [2.45, 2.75) is 32.2 Å². The Kier molecular flexibility index (Phi) is 5.37. The van der Waals surface area contributed by atoms with E-state index in [4.69, 9.17) is 22.1 Å². The molecule has 1 aliphatic carbocycles. The van der Waals surface area contributed by atoms with Gasteiger partial charge in [-0.25, -0.2) is 0 Å². The number of rotatable bonds is 5. The highest BCUT2D eigenvalue weighted by molar-refractivity contribution is 9.10. The first kappa shape index (κ1) is 14.9. The third-order valence-corrected chi connectivity index (χ3v) is 4.41. The van der Waals surface area contributed by atoms with Crippen LogP contribution in [-0.4, -0.2) is 19.2 Å². The largest absolute Gasteiger partial charge is 0.491 e. The van der Waals surface area contributed by atoms with Gasteiger partial charge in [-0.15, -0.1) is 0 Å². The zero-order valence-electron chi connectivity index (χ0n) is 11.1. The first-order valence-corrected chi connectivity index (χ1v) is 7.91. The van der Waals surface area contributed by atoms with Crippen molar-refractivity contribution in [2.75, 3.05) is 18.5 Å². The summed E-state index contributed by atoms with van der Waals surface area (Å²) >= 11 is 9.63. The molecule has 106 valence electrons. The van der Waals surface area contributed by atoms with Crippen molar-refractivity contribution in [2.24, 2.45) is 11.7 Å². The van der Waals surface area contributed by atoms with Crippen LogP contribution < -0.4 is 15.8 Å². The van der Waals surface area contributed by atoms with Crippen LogP contribution in [0.5, 0.6) is 5.75 Å². The van der Waals surface area contributed by atoms with E-state index < -0.39 is 0 Å². The summed E-state index contributed by atoms with van der Waals surface area (Å²) in [6.45, 7) is 3.33. The van der Waals surface area contributed by atoms with E-state index in [9.17, 15) is 0 Å². The first-order valence-electron chi connectivity index (χ1n) is 6.74. The summed E-state index contributed by atoms with van der Waals surface area (Å²) < 4.78 is 6.58. The third kappa shape index (κ3) is 3.56. The molecule has 5 heteroatoms. The highest BCUT2D eigenvalue weighted by Gasteiger charge is 2.27. The highest BCUT2D eigenvalue weighted by Crippen LogP contribution is 2.39. The molecule has 2 rings (SSSR count). The molecule has 1 saturated carbocycles. The minimum absolute atomic E-state index is 0.412. The van der Waals surface area contributed by atoms with Gasteiger partial charge in [-0.2, -0.15) is 0 Å². The fourth-order valence-electron chi connectivity index (χ4n) is 2.67. The zero-order valence-corrected chi connectivity index (χ0v) is 13.4. The predicted octanol–water partition coefficient (Wildman–Crippen LogP) is 4.04. The summed E-state index contributed by atoms with van der Waals surface area (Å²) in [7, 11) is 0. The second kappa shape index (κ2) is 6.82. The number of anilines is 1. The number of nitrogens with two attached hydrogens (primary N) is 1. The van der Waals surface area contributed by atoms with Gasteiger partial charge in [0.2, 0.25) is 0 Å². The molecule has 0 saturated heterocycles. The maximum atomic E-state index is 6.13. The van der Waals surface area contributed by atoms with Crippen LogP contribution in [0, 0.1) is 5.92 Å². The second-order valence-corrected chi connectivity index (χ2v) is 6.17. The lowest BCUT2D eigenvalue weighted by atomic mass is 10.0. The van der Waals surface area contributed by atoms with Crippen molar-refractivity contribution in [3.8, 4) is 5.75 Å². The van der Waals surface area contributed by atoms with E-state index in [1.165, 1.54) is 12.8 Å². The number of halogens is 2. The fourth-order valence-corrected chi connectivity index (χ4v) is 3.59. The molecular formula is C14H20BrClN2O. The molecular weight excluding hydrogens is 328 g/mol. The van der Waals surface area contributed by atoms with Gasteiger partial charge in [0.25, 0.3) is 0 Å². The average molecular weight is 348 g/mol. The summed E-state index contributed by atoms with van der Waals surface area (Å²) in [5.41, 5.74) is 6.78. The molecule has 3 N–H and O–H groups in total. The van der Waals surface area contributed by atoms with Gasteiger partial charge in [0.1, 0.15) is 0 Å². The van der Waals surface area contributed by atoms with Crippen molar-refractivity contribution < 1.29 is 4.74 Å². The number of ether oxygens (including phenoxy) is 1. The standard InChI is InChI=1S/C14H20BrClN2O/c1-2-19-14-11(15)6-10(16)7-13(14)18-12-5-3-4-9(12)8-17/h6-7,9,12,18H,2-5,8,17H2,1H3. The third-order valence-electron chi connectivity index (χ3n) is 3.60. The summed E-state index contributed by atoms with van der Waals surface area (Å²) in [6, 6.07) is 4.19. The lowest BCUT2D eigenvalue weighted by molar-refractivity contribution is 0.339. The normalized spacial score (nSPS) is 22.5. The van der Waals surface area contributed by atoms with Gasteiger partial charge in [0.15, 0.2) is 5.75 Å². The maximum absolute atomic E-state index is 6.13. The van der Waals surface area contributed by atoms with Gasteiger partial charge in [0.05, 0.1) is 16.8 Å². The van der Waals surface area contributed by atoms with Gasteiger partial charge in [-0.3, -0.25) is 0 Å². The van der Waals surface area contributed by atoms with Crippen LogP contribution in [0.4, 0.5) is 5.69 Å². The molecule has 19 heavy (non-hydrogen) atoms. The summed E-state index contributed by atoms with van der Waals surface area (Å²) in [5, 5.41) is 4.25. The maximum Gasteiger partial charge on any atom is 0.156 e. The highest BCUT2D eigenvalue weighted by atomic mass is 79.9. The minimum Gasteiger partial charge on any atom is -0.491 e. The Bertz CT molecular complexity index is 442. The smallest absolute Gasteiger partial charge is 0.156 e. The molecule has 0 heterocycles. The summed E-state index contributed by atoms with van der Waals surface area (Å²) in [6.07, 6.45) is 3.57. The van der Waals surface area contributed by atoms with Gasteiger partial charge in [-0.1, -0.05) is 18.0 Å². The van der Waals surface area contributed by atoms with Crippen molar-refractivity contribution in [3.05, 3.63) is 21.6 Å². The molecule has 0 spiro atoms.